The van der Waals surface area contributed by atoms with Gasteiger partial charge < -0.3 is 15.5 Å². The maximum atomic E-state index is 6.19. The number of aromatic nitrogens is 2. The second kappa shape index (κ2) is 7.99. The third-order valence-corrected chi connectivity index (χ3v) is 4.09. The van der Waals surface area contributed by atoms with Gasteiger partial charge in [-0.25, -0.2) is 4.98 Å². The van der Waals surface area contributed by atoms with Crippen LogP contribution in [0.15, 0.2) is 60.8 Å². The first-order chi connectivity index (χ1) is 12.1. The summed E-state index contributed by atoms with van der Waals surface area (Å²) in [6.45, 7) is 4.90. The average molecular weight is 335 g/mol. The molecule has 130 valence electrons. The quantitative estimate of drug-likeness (QED) is 0.657. The molecule has 0 radical (unpaired) electrons. The Balaban J connectivity index is 1.63. The molecule has 0 saturated heterocycles. The molecule has 3 N–H and O–H groups in total. The summed E-state index contributed by atoms with van der Waals surface area (Å²) < 4.78 is 5.82. The molecule has 3 rings (SSSR count). The van der Waals surface area contributed by atoms with E-state index >= 15 is 0 Å². The predicted molar refractivity (Wildman–Crippen MR) is 101 cm³/mol. The lowest BCUT2D eigenvalue weighted by atomic mass is 10.0. The Morgan fingerprint density at radius 3 is 2.44 bits per heavy atom. The van der Waals surface area contributed by atoms with Crippen molar-refractivity contribution >= 4 is 0 Å². The van der Waals surface area contributed by atoms with Crippen LogP contribution in [0.4, 0.5) is 0 Å². The van der Waals surface area contributed by atoms with Crippen molar-refractivity contribution in [3.63, 3.8) is 0 Å². The van der Waals surface area contributed by atoms with Crippen molar-refractivity contribution < 1.29 is 4.74 Å². The van der Waals surface area contributed by atoms with Crippen LogP contribution in [0.3, 0.4) is 0 Å². The van der Waals surface area contributed by atoms with Crippen molar-refractivity contribution in [1.82, 2.24) is 9.97 Å². The van der Waals surface area contributed by atoms with Gasteiger partial charge in [0.25, 0.3) is 0 Å². The van der Waals surface area contributed by atoms with Crippen molar-refractivity contribution in [3.05, 3.63) is 72.2 Å². The largest absolute Gasteiger partial charge is 0.489 e. The van der Waals surface area contributed by atoms with E-state index < -0.39 is 0 Å². The topological polar surface area (TPSA) is 63.9 Å². The highest BCUT2D eigenvalue weighted by molar-refractivity contribution is 5.59. The number of nitrogens with zero attached hydrogens (tertiary/aromatic N) is 1. The summed E-state index contributed by atoms with van der Waals surface area (Å²) in [5.74, 6) is 2.24. The third-order valence-electron chi connectivity index (χ3n) is 4.09. The lowest BCUT2D eigenvalue weighted by Gasteiger charge is -2.11. The van der Waals surface area contributed by atoms with Crippen molar-refractivity contribution in [2.24, 2.45) is 11.7 Å². The van der Waals surface area contributed by atoms with Crippen LogP contribution in [0.5, 0.6) is 5.75 Å². The number of nitrogens with one attached hydrogen (secondary N) is 1. The predicted octanol–water partition coefficient (Wildman–Crippen LogP) is 4.70. The fourth-order valence-electron chi connectivity index (χ4n) is 2.76. The molecule has 3 aromatic rings. The van der Waals surface area contributed by atoms with Gasteiger partial charge in [-0.15, -0.1) is 0 Å². The molecular formula is C21H25N3O. The van der Waals surface area contributed by atoms with Crippen molar-refractivity contribution in [2.45, 2.75) is 32.9 Å². The summed E-state index contributed by atoms with van der Waals surface area (Å²) in [6.07, 6.45) is 2.76. The molecule has 1 heterocycles. The van der Waals surface area contributed by atoms with E-state index in [0.29, 0.717) is 12.5 Å². The highest BCUT2D eigenvalue weighted by atomic mass is 16.5. The summed E-state index contributed by atoms with van der Waals surface area (Å²) in [5.41, 5.74) is 9.40. The average Bonchev–Trinajstić information content (AvgIpc) is 3.11. The number of hydrogen-bond donors (Lipinski definition) is 2. The monoisotopic (exact) mass is 335 g/mol. The second-order valence-electron chi connectivity index (χ2n) is 6.72. The molecule has 4 nitrogen and oxygen atoms in total. The summed E-state index contributed by atoms with van der Waals surface area (Å²) in [6, 6.07) is 18.1. The Labute approximate surface area is 149 Å². The molecule has 0 spiro atoms. The zero-order valence-corrected chi connectivity index (χ0v) is 14.8. The van der Waals surface area contributed by atoms with E-state index in [0.717, 1.165) is 34.8 Å². The van der Waals surface area contributed by atoms with E-state index in [4.69, 9.17) is 10.5 Å². The Hall–Kier alpha value is -2.59. The first-order valence-electron chi connectivity index (χ1n) is 8.69. The molecule has 0 amide bonds. The molecule has 0 fully saturated rings. The minimum atomic E-state index is -0.0535. The summed E-state index contributed by atoms with van der Waals surface area (Å²) in [4.78, 5) is 7.77. The molecule has 0 aliphatic heterocycles. The van der Waals surface area contributed by atoms with Gasteiger partial charge in [0.15, 0.2) is 0 Å². The Kier molecular flexibility index (Phi) is 5.51. The highest BCUT2D eigenvalue weighted by Gasteiger charge is 2.12. The van der Waals surface area contributed by atoms with Crippen molar-refractivity contribution in [1.29, 1.82) is 0 Å². The highest BCUT2D eigenvalue weighted by Crippen LogP contribution is 2.24. The van der Waals surface area contributed by atoms with Gasteiger partial charge in [0.2, 0.25) is 0 Å². The van der Waals surface area contributed by atoms with E-state index in [-0.39, 0.29) is 6.04 Å². The zero-order chi connectivity index (χ0) is 17.6. The lowest BCUT2D eigenvalue weighted by Crippen LogP contribution is -2.14. The van der Waals surface area contributed by atoms with Crippen LogP contribution < -0.4 is 10.5 Å². The number of aromatic amines is 1. The van der Waals surface area contributed by atoms with Crippen LogP contribution >= 0.6 is 0 Å². The molecule has 1 aromatic heterocycles. The molecule has 1 unspecified atom stereocenters. The number of ether oxygens (including phenoxy) is 1. The van der Waals surface area contributed by atoms with Gasteiger partial charge in [-0.3, -0.25) is 0 Å². The van der Waals surface area contributed by atoms with Gasteiger partial charge in [-0.1, -0.05) is 44.2 Å². The first kappa shape index (κ1) is 17.2. The standard InChI is InChI=1S/C21H25N3O/c1-15(2)12-19(22)21-23-13-20(24-21)17-8-10-18(11-9-17)25-14-16-6-4-3-5-7-16/h3-11,13,15,19H,12,14,22H2,1-2H3,(H,23,24). The zero-order valence-electron chi connectivity index (χ0n) is 14.8. The molecule has 0 aliphatic rings. The number of benzene rings is 2. The van der Waals surface area contributed by atoms with Gasteiger partial charge in [0.05, 0.1) is 17.9 Å². The minimum Gasteiger partial charge on any atom is -0.489 e. The van der Waals surface area contributed by atoms with E-state index in [9.17, 15) is 0 Å². The lowest BCUT2D eigenvalue weighted by molar-refractivity contribution is 0.306. The second-order valence-corrected chi connectivity index (χ2v) is 6.72. The summed E-state index contributed by atoms with van der Waals surface area (Å²) in [7, 11) is 0. The number of rotatable bonds is 7. The van der Waals surface area contributed by atoms with Crippen LogP contribution in [0.2, 0.25) is 0 Å². The van der Waals surface area contributed by atoms with E-state index in [1.165, 1.54) is 0 Å². The Morgan fingerprint density at radius 1 is 1.04 bits per heavy atom. The van der Waals surface area contributed by atoms with Crippen LogP contribution in [-0.2, 0) is 6.61 Å². The maximum absolute atomic E-state index is 6.19. The molecular weight excluding hydrogens is 310 g/mol. The van der Waals surface area contributed by atoms with Crippen LogP contribution in [-0.4, -0.2) is 9.97 Å². The van der Waals surface area contributed by atoms with E-state index in [1.807, 2.05) is 48.7 Å². The molecule has 2 aromatic carbocycles. The molecule has 25 heavy (non-hydrogen) atoms. The van der Waals surface area contributed by atoms with Crippen molar-refractivity contribution in [3.8, 4) is 17.0 Å². The van der Waals surface area contributed by atoms with Crippen molar-refractivity contribution in [2.75, 3.05) is 0 Å². The van der Waals surface area contributed by atoms with Gasteiger partial charge >= 0.3 is 0 Å². The number of H-pyrrole nitrogens is 1. The first-order valence-corrected chi connectivity index (χ1v) is 8.69. The molecule has 0 aliphatic carbocycles. The Bertz CT molecular complexity index is 778. The summed E-state index contributed by atoms with van der Waals surface area (Å²) >= 11 is 0. The number of hydrogen-bond acceptors (Lipinski definition) is 3. The van der Waals surface area contributed by atoms with Gasteiger partial charge in [-0.05, 0) is 47.7 Å². The van der Waals surface area contributed by atoms with Crippen LogP contribution in [0.25, 0.3) is 11.3 Å². The smallest absolute Gasteiger partial charge is 0.123 e. The van der Waals surface area contributed by atoms with Crippen LogP contribution in [0, 0.1) is 5.92 Å². The minimum absolute atomic E-state index is 0.0535. The van der Waals surface area contributed by atoms with Gasteiger partial charge in [0.1, 0.15) is 18.2 Å². The normalized spacial score (nSPS) is 12.3. The maximum Gasteiger partial charge on any atom is 0.123 e. The molecule has 1 atom stereocenters. The fourth-order valence-corrected chi connectivity index (χ4v) is 2.76. The number of nitrogens with two attached hydrogens (primary N) is 1. The van der Waals surface area contributed by atoms with E-state index in [1.54, 1.807) is 0 Å². The molecule has 0 bridgehead atoms. The Morgan fingerprint density at radius 2 is 1.76 bits per heavy atom. The van der Waals surface area contributed by atoms with E-state index in [2.05, 4.69) is 35.9 Å². The molecule has 4 heteroatoms. The third kappa shape index (κ3) is 4.70. The SMILES string of the molecule is CC(C)CC(N)c1ncc(-c2ccc(OCc3ccccc3)cc2)[nH]1. The van der Waals surface area contributed by atoms with Gasteiger partial charge in [-0.2, -0.15) is 0 Å². The number of imidazole rings is 1. The molecule has 0 saturated carbocycles. The fraction of sp³-hybridized carbons (Fsp3) is 0.286. The summed E-state index contributed by atoms with van der Waals surface area (Å²) in [5, 5.41) is 0. The van der Waals surface area contributed by atoms with Gasteiger partial charge in [0, 0.05) is 0 Å². The van der Waals surface area contributed by atoms with Crippen LogP contribution in [0.1, 0.15) is 37.7 Å².